The Morgan fingerprint density at radius 2 is 1.37 bits per heavy atom. The maximum atomic E-state index is 14.1. The van der Waals surface area contributed by atoms with E-state index < -0.39 is 29.8 Å². The lowest BCUT2D eigenvalue weighted by Crippen LogP contribution is -2.31. The topological polar surface area (TPSA) is 168 Å². The third-order valence-corrected chi connectivity index (χ3v) is 10.0. The Balaban J connectivity index is 1.82. The van der Waals surface area contributed by atoms with Gasteiger partial charge in [-0.05, 0) is 117 Å². The maximum Gasteiger partial charge on any atom is 0.418 e. The van der Waals surface area contributed by atoms with Crippen LogP contribution in [0.15, 0.2) is 89.5 Å². The molecule has 54 heavy (non-hydrogen) atoms. The second-order valence-corrected chi connectivity index (χ2v) is 13.8. The van der Waals surface area contributed by atoms with Gasteiger partial charge in [-0.15, -0.1) is 0 Å². The fourth-order valence-corrected chi connectivity index (χ4v) is 6.89. The maximum absolute atomic E-state index is 14.1. The average molecular weight is 747 g/mol. The molecule has 286 valence electrons. The Bertz CT molecular complexity index is 2220. The number of nitrogens with one attached hydrogen (secondary N) is 1. The second kappa shape index (κ2) is 16.4. The van der Waals surface area contributed by atoms with Gasteiger partial charge in [-0.1, -0.05) is 26.2 Å². The molecule has 0 saturated carbocycles. The number of allylic oxidation sites excluding steroid dienone is 9. The minimum atomic E-state index is -4.99. The van der Waals surface area contributed by atoms with Gasteiger partial charge in [-0.3, -0.25) is 9.59 Å². The number of carboxylic acids is 2. The number of hydrogen-bond acceptors (Lipinski definition) is 7. The number of carbonyl (C=O) groups is 2. The molecule has 5 N–H and O–H groups in total. The van der Waals surface area contributed by atoms with Gasteiger partial charge in [-0.2, -0.15) is 13.2 Å². The summed E-state index contributed by atoms with van der Waals surface area (Å²) in [6.45, 7) is 8.91. The van der Waals surface area contributed by atoms with Crippen molar-refractivity contribution in [1.82, 2.24) is 4.98 Å². The second-order valence-electron chi connectivity index (χ2n) is 13.8. The molecule has 1 aromatic heterocycles. The molecule has 0 radical (unpaired) electrons. The summed E-state index contributed by atoms with van der Waals surface area (Å²) in [7, 11) is 0. The number of fused-ring (bicyclic) bond motifs is 5. The Morgan fingerprint density at radius 1 is 0.759 bits per heavy atom. The summed E-state index contributed by atoms with van der Waals surface area (Å²) in [6.07, 6.45) is 6.21. The Morgan fingerprint density at radius 3 is 2.02 bits per heavy atom. The number of nitrogens with zero attached hydrogens (tertiary/aromatic N) is 3. The highest BCUT2D eigenvalue weighted by atomic mass is 19.4. The first-order chi connectivity index (χ1) is 25.5. The first-order valence-electron chi connectivity index (χ1n) is 18.0. The van der Waals surface area contributed by atoms with Gasteiger partial charge in [0.1, 0.15) is 0 Å². The third kappa shape index (κ3) is 8.73. The molecule has 5 heterocycles. The van der Waals surface area contributed by atoms with E-state index in [1.807, 2.05) is 6.92 Å². The van der Waals surface area contributed by atoms with Crippen molar-refractivity contribution in [3.63, 3.8) is 0 Å². The lowest BCUT2D eigenvalue weighted by Gasteiger charge is -2.17. The molecule has 1 aromatic rings. The van der Waals surface area contributed by atoms with Crippen LogP contribution in [0, 0.1) is 6.92 Å². The molecule has 4 aliphatic heterocycles. The van der Waals surface area contributed by atoms with Crippen LogP contribution in [0.2, 0.25) is 0 Å². The first kappa shape index (κ1) is 39.9. The Labute approximate surface area is 311 Å². The number of aliphatic hydroxyl groups is 2. The number of alkyl halides is 3. The van der Waals surface area contributed by atoms with E-state index in [0.29, 0.717) is 73.4 Å². The van der Waals surface area contributed by atoms with Crippen molar-refractivity contribution < 1.29 is 43.2 Å². The van der Waals surface area contributed by atoms with Crippen LogP contribution >= 0.6 is 0 Å². The zero-order chi connectivity index (χ0) is 39.5. The molecule has 8 bridgehead atoms. The molecule has 1 unspecified atom stereocenters. The van der Waals surface area contributed by atoms with E-state index in [4.69, 9.17) is 9.98 Å². The van der Waals surface area contributed by atoms with Gasteiger partial charge < -0.3 is 25.4 Å². The van der Waals surface area contributed by atoms with Crippen LogP contribution in [-0.4, -0.2) is 66.8 Å². The number of aliphatic hydroxyl groups excluding tert-OH is 2. The summed E-state index contributed by atoms with van der Waals surface area (Å²) < 4.78 is 42.4. The van der Waals surface area contributed by atoms with Crippen molar-refractivity contribution in [1.29, 1.82) is 0 Å². The smallest absolute Gasteiger partial charge is 0.418 e. The highest BCUT2D eigenvalue weighted by Crippen LogP contribution is 2.39. The molecular formula is C41H45F3N4O6. The number of rotatable bonds is 13. The van der Waals surface area contributed by atoms with Gasteiger partial charge in [0.05, 0.1) is 40.0 Å². The van der Waals surface area contributed by atoms with Gasteiger partial charge in [0.2, 0.25) is 0 Å². The highest BCUT2D eigenvalue weighted by Gasteiger charge is 2.44. The standard InChI is InChI=1S/C41H45F3N4O6/c1-6-7-8-9-10-25(49)11-12-26-21(2)31-19-36-39(40(54)41(42,43)44)24(5)32(48-36)17-29-22(3)27(13-15-37(50)51)34(45-29)20-35-28(14-16-38(52)53)23(4)30(46-35)18-33(26)47-31/h11-12,17-20,40,47,49,54H,6-10,13-16H2,1-5H3,(H,50,51)(H,52,53)/b25-11-,26-12+,29-17?,33-18?,35-20?,36-19?. The summed E-state index contributed by atoms with van der Waals surface area (Å²) in [6, 6.07) is 0. The summed E-state index contributed by atoms with van der Waals surface area (Å²) in [5.74, 6) is -1.84. The van der Waals surface area contributed by atoms with Crippen molar-refractivity contribution in [2.45, 2.75) is 105 Å². The number of carboxylic acid groups (broad SMARTS) is 2. The predicted molar refractivity (Wildman–Crippen MR) is 204 cm³/mol. The van der Waals surface area contributed by atoms with E-state index in [1.54, 1.807) is 38.2 Å². The van der Waals surface area contributed by atoms with E-state index in [0.717, 1.165) is 25.7 Å². The lowest BCUT2D eigenvalue weighted by atomic mass is 9.96. The quantitative estimate of drug-likeness (QED) is 0.104. The van der Waals surface area contributed by atoms with Crippen molar-refractivity contribution in [2.24, 2.45) is 15.0 Å². The summed E-state index contributed by atoms with van der Waals surface area (Å²) in [4.78, 5) is 40.9. The van der Waals surface area contributed by atoms with Crippen LogP contribution in [0.25, 0.3) is 18.2 Å². The van der Waals surface area contributed by atoms with Crippen molar-refractivity contribution in [3.05, 3.63) is 96.3 Å². The third-order valence-electron chi connectivity index (χ3n) is 10.0. The molecular weight excluding hydrogens is 701 g/mol. The minimum absolute atomic E-state index is 0.0996. The highest BCUT2D eigenvalue weighted by molar-refractivity contribution is 6.24. The van der Waals surface area contributed by atoms with Gasteiger partial charge in [0, 0.05) is 41.1 Å². The van der Waals surface area contributed by atoms with Crippen molar-refractivity contribution in [2.75, 3.05) is 0 Å². The van der Waals surface area contributed by atoms with Crippen molar-refractivity contribution in [3.8, 4) is 0 Å². The number of hydrogen-bond donors (Lipinski definition) is 5. The van der Waals surface area contributed by atoms with Crippen LogP contribution in [-0.2, 0) is 9.59 Å². The molecule has 0 amide bonds. The zero-order valence-electron chi connectivity index (χ0n) is 31.0. The number of unbranched alkanes of at least 4 members (excludes halogenated alkanes) is 3. The lowest BCUT2D eigenvalue weighted by molar-refractivity contribution is -0.190. The number of aromatic nitrogens is 1. The molecule has 5 rings (SSSR count). The molecule has 0 fully saturated rings. The average Bonchev–Trinajstić information content (AvgIpc) is 3.76. The molecule has 0 aromatic carbocycles. The van der Waals surface area contributed by atoms with Crippen LogP contribution in [0.5, 0.6) is 0 Å². The van der Waals surface area contributed by atoms with E-state index in [9.17, 15) is 43.2 Å². The zero-order valence-corrected chi connectivity index (χ0v) is 31.0. The monoisotopic (exact) mass is 746 g/mol. The Hall–Kier alpha value is -5.30. The number of H-pyrrole nitrogens is 1. The normalized spacial score (nSPS) is 18.4. The van der Waals surface area contributed by atoms with Gasteiger partial charge in [0.25, 0.3) is 0 Å². The van der Waals surface area contributed by atoms with Gasteiger partial charge in [-0.25, -0.2) is 15.0 Å². The fourth-order valence-electron chi connectivity index (χ4n) is 6.89. The molecule has 10 nitrogen and oxygen atoms in total. The van der Waals surface area contributed by atoms with Gasteiger partial charge >= 0.3 is 18.1 Å². The molecule has 4 aliphatic rings. The number of aliphatic carboxylic acids is 2. The summed E-state index contributed by atoms with van der Waals surface area (Å²) in [5.41, 5.74) is 5.09. The summed E-state index contributed by atoms with van der Waals surface area (Å²) >= 11 is 0. The van der Waals surface area contributed by atoms with Crippen LogP contribution in [0.3, 0.4) is 0 Å². The number of aromatic amines is 1. The minimum Gasteiger partial charge on any atom is -0.512 e. The van der Waals surface area contributed by atoms with E-state index in [2.05, 4.69) is 16.9 Å². The molecule has 0 aliphatic carbocycles. The predicted octanol–water partition coefficient (Wildman–Crippen LogP) is 7.38. The van der Waals surface area contributed by atoms with Crippen molar-refractivity contribution >= 4 is 47.3 Å². The van der Waals surface area contributed by atoms with E-state index >= 15 is 0 Å². The molecule has 13 heteroatoms. The SMILES string of the molecule is CCCCCC/C(O)=C/C=c1\c(C)c2[nH]c1=CC1=NC(=CC3=NC(=CC4=NC(=C2)C(C(O)C(F)(F)F)=C4C)C(C)=C3CCC(=O)O)C(CCC(=O)O)=C1C. The van der Waals surface area contributed by atoms with E-state index in [-0.39, 0.29) is 48.4 Å². The van der Waals surface area contributed by atoms with Gasteiger partial charge in [0.15, 0.2) is 6.10 Å². The molecule has 1 atom stereocenters. The fraction of sp³-hybridized carbons (Fsp3) is 0.390. The first-order valence-corrected chi connectivity index (χ1v) is 18.0. The largest absolute Gasteiger partial charge is 0.512 e. The number of aliphatic imine (C=N–C) groups is 3. The number of halogens is 3. The van der Waals surface area contributed by atoms with Crippen LogP contribution in [0.4, 0.5) is 13.2 Å². The molecule has 0 saturated heterocycles. The van der Waals surface area contributed by atoms with Crippen LogP contribution < -0.4 is 10.6 Å². The van der Waals surface area contributed by atoms with Crippen LogP contribution in [0.1, 0.15) is 96.7 Å². The Kier molecular flexibility index (Phi) is 12.1. The summed E-state index contributed by atoms with van der Waals surface area (Å²) in [5, 5.41) is 41.6. The molecule has 0 spiro atoms. The van der Waals surface area contributed by atoms with E-state index in [1.165, 1.54) is 19.1 Å².